The molecule has 0 aliphatic carbocycles. The van der Waals surface area contributed by atoms with Crippen molar-refractivity contribution < 1.29 is 28.4 Å². The van der Waals surface area contributed by atoms with E-state index in [0.717, 1.165) is 11.1 Å². The first-order chi connectivity index (χ1) is 15.3. The van der Waals surface area contributed by atoms with Gasteiger partial charge in [-0.3, -0.25) is 9.59 Å². The molecule has 0 spiro atoms. The van der Waals surface area contributed by atoms with Gasteiger partial charge in [-0.15, -0.1) is 0 Å². The first-order valence-electron chi connectivity index (χ1n) is 9.93. The van der Waals surface area contributed by atoms with Gasteiger partial charge in [0.15, 0.2) is 7.80 Å². The van der Waals surface area contributed by atoms with Gasteiger partial charge in [-0.05, 0) is 25.0 Å². The molecule has 0 aliphatic heterocycles. The average molecular weight is 452 g/mol. The fourth-order valence-corrected chi connectivity index (χ4v) is 5.38. The SMILES string of the molecule is COc1cc(OC)c([PH](=O)C(=O)c2c(C)cccc2C)c(OC)c1C(=O)c1ccccc1. The summed E-state index contributed by atoms with van der Waals surface area (Å²) >= 11 is 0. The van der Waals surface area contributed by atoms with Crippen LogP contribution >= 0.6 is 7.80 Å². The summed E-state index contributed by atoms with van der Waals surface area (Å²) in [7, 11) is 1.04. The maximum absolute atomic E-state index is 13.6. The molecule has 0 fully saturated rings. The van der Waals surface area contributed by atoms with Crippen LogP contribution in [0.5, 0.6) is 17.2 Å². The second kappa shape index (κ2) is 9.84. The Labute approximate surface area is 187 Å². The van der Waals surface area contributed by atoms with Crippen molar-refractivity contribution in [3.63, 3.8) is 0 Å². The van der Waals surface area contributed by atoms with Crippen molar-refractivity contribution in [1.29, 1.82) is 0 Å². The van der Waals surface area contributed by atoms with Crippen LogP contribution in [0, 0.1) is 13.8 Å². The maximum atomic E-state index is 13.6. The Bertz CT molecular complexity index is 1180. The number of carbonyl (C=O) groups is 2. The Morgan fingerprint density at radius 1 is 0.750 bits per heavy atom. The summed E-state index contributed by atoms with van der Waals surface area (Å²) in [4.78, 5) is 26.7. The number of rotatable bonds is 8. The van der Waals surface area contributed by atoms with E-state index < -0.39 is 13.3 Å². The Morgan fingerprint density at radius 2 is 1.34 bits per heavy atom. The summed E-state index contributed by atoms with van der Waals surface area (Å²) in [6, 6.07) is 15.5. The molecule has 1 atom stereocenters. The van der Waals surface area contributed by atoms with Crippen LogP contribution in [0.25, 0.3) is 0 Å². The predicted octanol–water partition coefficient (Wildman–Crippen LogP) is 4.59. The van der Waals surface area contributed by atoms with Crippen molar-refractivity contribution in [1.82, 2.24) is 0 Å². The molecule has 0 saturated heterocycles. The first-order valence-corrected chi connectivity index (χ1v) is 11.3. The van der Waals surface area contributed by atoms with Crippen LogP contribution in [0.4, 0.5) is 0 Å². The van der Waals surface area contributed by atoms with E-state index in [1.165, 1.54) is 27.4 Å². The lowest BCUT2D eigenvalue weighted by atomic mass is 10.0. The molecule has 7 heteroatoms. The number of ether oxygens (including phenoxy) is 3. The summed E-state index contributed by atoms with van der Waals surface area (Å²) in [6.07, 6.45) is 0. The predicted molar refractivity (Wildman–Crippen MR) is 125 cm³/mol. The summed E-state index contributed by atoms with van der Waals surface area (Å²) in [6.45, 7) is 3.59. The van der Waals surface area contributed by atoms with Gasteiger partial charge in [0.25, 0.3) is 0 Å². The third-order valence-electron chi connectivity index (χ3n) is 5.26. The van der Waals surface area contributed by atoms with Crippen LogP contribution in [0.15, 0.2) is 54.6 Å². The lowest BCUT2D eigenvalue weighted by Gasteiger charge is -2.19. The van der Waals surface area contributed by atoms with Crippen LogP contribution < -0.4 is 19.5 Å². The third kappa shape index (κ3) is 4.19. The molecule has 0 aliphatic rings. The van der Waals surface area contributed by atoms with Crippen LogP contribution in [0.3, 0.4) is 0 Å². The van der Waals surface area contributed by atoms with Crippen LogP contribution in [0.2, 0.25) is 0 Å². The van der Waals surface area contributed by atoms with E-state index >= 15 is 0 Å². The molecule has 0 radical (unpaired) electrons. The smallest absolute Gasteiger partial charge is 0.223 e. The number of aryl methyl sites for hydroxylation is 2. The molecule has 1 unspecified atom stereocenters. The third-order valence-corrected chi connectivity index (χ3v) is 6.85. The molecule has 0 heterocycles. The summed E-state index contributed by atoms with van der Waals surface area (Å²) < 4.78 is 30.1. The van der Waals surface area contributed by atoms with Crippen molar-refractivity contribution in [2.24, 2.45) is 0 Å². The zero-order valence-corrected chi connectivity index (χ0v) is 19.6. The number of methoxy groups -OCH3 is 3. The molecular weight excluding hydrogens is 427 g/mol. The molecular formula is C25H25O6P. The number of carbonyl (C=O) groups excluding carboxylic acids is 2. The molecule has 3 aromatic carbocycles. The van der Waals surface area contributed by atoms with Crippen molar-refractivity contribution in [3.8, 4) is 17.2 Å². The van der Waals surface area contributed by atoms with Crippen LogP contribution in [-0.4, -0.2) is 32.6 Å². The van der Waals surface area contributed by atoms with E-state index in [1.807, 2.05) is 6.07 Å². The van der Waals surface area contributed by atoms with E-state index in [2.05, 4.69) is 0 Å². The highest BCUT2D eigenvalue weighted by molar-refractivity contribution is 7.72. The molecule has 0 bridgehead atoms. The molecule has 3 aromatic rings. The van der Waals surface area contributed by atoms with Gasteiger partial charge in [0.2, 0.25) is 11.3 Å². The zero-order chi connectivity index (χ0) is 23.4. The summed E-state index contributed by atoms with van der Waals surface area (Å²) in [5, 5.41) is 0.0627. The van der Waals surface area contributed by atoms with Gasteiger partial charge >= 0.3 is 0 Å². The Hall–Kier alpha value is -3.37. The molecule has 0 saturated carbocycles. The van der Waals surface area contributed by atoms with Crippen LogP contribution in [-0.2, 0) is 4.57 Å². The fourth-order valence-electron chi connectivity index (χ4n) is 3.70. The van der Waals surface area contributed by atoms with E-state index in [-0.39, 0.29) is 33.9 Å². The van der Waals surface area contributed by atoms with E-state index in [0.29, 0.717) is 11.1 Å². The fraction of sp³-hybridized carbons (Fsp3) is 0.200. The van der Waals surface area contributed by atoms with Crippen molar-refractivity contribution in [3.05, 3.63) is 82.4 Å². The minimum absolute atomic E-state index is 0.0125. The van der Waals surface area contributed by atoms with Gasteiger partial charge in [-0.2, -0.15) is 0 Å². The van der Waals surface area contributed by atoms with Crippen molar-refractivity contribution >= 4 is 24.4 Å². The lowest BCUT2D eigenvalue weighted by Crippen LogP contribution is -2.17. The van der Waals surface area contributed by atoms with Gasteiger partial charge in [0, 0.05) is 17.2 Å². The molecule has 0 aromatic heterocycles. The Morgan fingerprint density at radius 3 is 1.88 bits per heavy atom. The average Bonchev–Trinajstić information content (AvgIpc) is 2.81. The number of benzene rings is 3. The van der Waals surface area contributed by atoms with Crippen molar-refractivity contribution in [2.45, 2.75) is 13.8 Å². The molecule has 3 rings (SSSR count). The minimum Gasteiger partial charge on any atom is -0.496 e. The maximum Gasteiger partial charge on any atom is 0.223 e. The Balaban J connectivity index is 2.26. The molecule has 32 heavy (non-hydrogen) atoms. The molecule has 6 nitrogen and oxygen atoms in total. The van der Waals surface area contributed by atoms with Gasteiger partial charge in [-0.1, -0.05) is 48.5 Å². The molecule has 0 N–H and O–H groups in total. The normalized spacial score (nSPS) is 11.5. The largest absolute Gasteiger partial charge is 0.496 e. The second-order valence-corrected chi connectivity index (χ2v) is 8.80. The van der Waals surface area contributed by atoms with E-state index in [9.17, 15) is 14.2 Å². The van der Waals surface area contributed by atoms with Gasteiger partial charge in [0.05, 0.1) is 21.3 Å². The minimum atomic E-state index is -3.13. The topological polar surface area (TPSA) is 78.9 Å². The number of ketones is 1. The highest BCUT2D eigenvalue weighted by atomic mass is 31.1. The van der Waals surface area contributed by atoms with E-state index in [1.54, 1.807) is 56.3 Å². The molecule has 166 valence electrons. The van der Waals surface area contributed by atoms with Crippen molar-refractivity contribution in [2.75, 3.05) is 21.3 Å². The summed E-state index contributed by atoms with van der Waals surface area (Å²) in [5.74, 6) is -0.00605. The zero-order valence-electron chi connectivity index (χ0n) is 18.6. The first kappa shape index (κ1) is 23.3. The lowest BCUT2D eigenvalue weighted by molar-refractivity contribution is 0.103. The number of hydrogen-bond donors (Lipinski definition) is 0. The highest BCUT2D eigenvalue weighted by Gasteiger charge is 2.32. The standard InChI is InChI=1S/C25H25O6P/c1-15-10-9-11-16(2)20(15)25(27)32(28)24-19(30-4)14-18(29-3)21(23(24)31-5)22(26)17-12-7-6-8-13-17/h6-14,32H,1-5H3. The molecule has 0 amide bonds. The monoisotopic (exact) mass is 452 g/mol. The van der Waals surface area contributed by atoms with Gasteiger partial charge in [0.1, 0.15) is 28.1 Å². The quantitative estimate of drug-likeness (QED) is 0.368. The van der Waals surface area contributed by atoms with Gasteiger partial charge < -0.3 is 18.8 Å². The highest BCUT2D eigenvalue weighted by Crippen LogP contribution is 2.42. The van der Waals surface area contributed by atoms with Gasteiger partial charge in [-0.25, -0.2) is 0 Å². The Kier molecular flexibility index (Phi) is 7.16. The summed E-state index contributed by atoms with van der Waals surface area (Å²) in [5.41, 5.74) is 1.81. The van der Waals surface area contributed by atoms with Crippen LogP contribution in [0.1, 0.15) is 37.4 Å². The van der Waals surface area contributed by atoms with E-state index in [4.69, 9.17) is 14.2 Å². The number of hydrogen-bond acceptors (Lipinski definition) is 6. The second-order valence-electron chi connectivity index (χ2n) is 7.18.